The van der Waals surface area contributed by atoms with E-state index in [1.54, 1.807) is 0 Å². The molecule has 3 aliphatic heterocycles. The fourth-order valence-corrected chi connectivity index (χ4v) is 6.74. The molecular weight excluding hydrogens is 438 g/mol. The maximum atomic E-state index is 13.5. The zero-order valence-corrected chi connectivity index (χ0v) is 20.3. The van der Waals surface area contributed by atoms with E-state index in [2.05, 4.69) is 4.90 Å². The highest BCUT2D eigenvalue weighted by Crippen LogP contribution is 2.30. The number of carbonyl (C=O) groups excluding carboxylic acids is 1. The number of carbonyl (C=O) groups is 1. The molecule has 2 aromatic rings. The third-order valence-corrected chi connectivity index (χ3v) is 8.92. The third-order valence-electron chi connectivity index (χ3n) is 7.66. The van der Waals surface area contributed by atoms with E-state index in [0.717, 1.165) is 50.1 Å². The summed E-state index contributed by atoms with van der Waals surface area (Å²) in [7, 11) is -3.24. The van der Waals surface area contributed by atoms with Crippen molar-refractivity contribution >= 4 is 21.4 Å². The predicted octanol–water partition coefficient (Wildman–Crippen LogP) is 2.56. The third kappa shape index (κ3) is 4.68. The van der Waals surface area contributed by atoms with Crippen molar-refractivity contribution in [3.05, 3.63) is 35.9 Å². The molecule has 0 unspecified atom stereocenters. The maximum Gasteiger partial charge on any atom is 0.274 e. The number of fused-ring (bicyclic) bond motifs is 1. The fourth-order valence-electron chi connectivity index (χ4n) is 5.83. The summed E-state index contributed by atoms with van der Waals surface area (Å²) >= 11 is 0. The van der Waals surface area contributed by atoms with Gasteiger partial charge in [-0.05, 0) is 63.7 Å². The van der Waals surface area contributed by atoms with Gasteiger partial charge in [0.25, 0.3) is 5.91 Å². The molecule has 1 amide bonds. The van der Waals surface area contributed by atoms with Crippen LogP contribution in [0.2, 0.25) is 0 Å². The number of hydrogen-bond acceptors (Lipinski definition) is 5. The minimum Gasteiger partial charge on any atom is -0.337 e. The molecule has 0 N–H and O–H groups in total. The number of nitrogens with zero attached hydrogens (tertiary/aromatic N) is 5. The summed E-state index contributed by atoms with van der Waals surface area (Å²) in [5, 5.41) is 0. The number of rotatable bonds is 4. The standard InChI is InChI=1S/C24H35N5O3S/c1-33(31,32)28-14-7-8-19(18-28)23-25-22(21-9-3-6-15-29(21)23)24(30)27-16-10-20(11-17-27)26-12-4-2-5-13-26/h3,6,9,15,19-20H,2,4-5,7-8,10-14,16-18H2,1H3/t19-/m1/s1. The van der Waals surface area contributed by atoms with Crippen molar-refractivity contribution in [3.63, 3.8) is 0 Å². The van der Waals surface area contributed by atoms with E-state index in [4.69, 9.17) is 4.98 Å². The van der Waals surface area contributed by atoms with Gasteiger partial charge in [-0.15, -0.1) is 0 Å². The van der Waals surface area contributed by atoms with Gasteiger partial charge in [-0.3, -0.25) is 4.79 Å². The number of pyridine rings is 1. The number of likely N-dealkylation sites (tertiary alicyclic amines) is 2. The molecule has 3 aliphatic rings. The second kappa shape index (κ2) is 9.35. The van der Waals surface area contributed by atoms with Gasteiger partial charge >= 0.3 is 0 Å². The summed E-state index contributed by atoms with van der Waals surface area (Å²) in [5.41, 5.74) is 1.31. The molecule has 0 aliphatic carbocycles. The number of aromatic nitrogens is 2. The van der Waals surface area contributed by atoms with Crippen LogP contribution >= 0.6 is 0 Å². The Morgan fingerprint density at radius 2 is 1.73 bits per heavy atom. The van der Waals surface area contributed by atoms with E-state index in [1.165, 1.54) is 42.9 Å². The van der Waals surface area contributed by atoms with Crippen LogP contribution in [0, 0.1) is 0 Å². The van der Waals surface area contributed by atoms with E-state index in [9.17, 15) is 13.2 Å². The van der Waals surface area contributed by atoms with Crippen molar-refractivity contribution in [2.24, 2.45) is 0 Å². The number of imidazole rings is 1. The minimum absolute atomic E-state index is 0.00202. The summed E-state index contributed by atoms with van der Waals surface area (Å²) < 4.78 is 27.8. The second-order valence-electron chi connectivity index (χ2n) is 9.85. The van der Waals surface area contributed by atoms with Crippen molar-refractivity contribution in [1.82, 2.24) is 23.5 Å². The first-order valence-electron chi connectivity index (χ1n) is 12.4. The van der Waals surface area contributed by atoms with Gasteiger partial charge in [-0.25, -0.2) is 17.7 Å². The molecule has 33 heavy (non-hydrogen) atoms. The monoisotopic (exact) mass is 473 g/mol. The Hall–Kier alpha value is -1.97. The van der Waals surface area contributed by atoms with Gasteiger partial charge in [0.15, 0.2) is 5.69 Å². The van der Waals surface area contributed by atoms with Crippen molar-refractivity contribution in [2.45, 2.75) is 56.9 Å². The summed E-state index contributed by atoms with van der Waals surface area (Å²) in [6.45, 7) is 4.90. The topological polar surface area (TPSA) is 78.2 Å². The van der Waals surface area contributed by atoms with Gasteiger partial charge in [0.1, 0.15) is 5.82 Å². The normalized spacial score (nSPS) is 24.4. The molecule has 0 radical (unpaired) electrons. The molecule has 5 heterocycles. The highest BCUT2D eigenvalue weighted by molar-refractivity contribution is 7.88. The van der Waals surface area contributed by atoms with Crippen LogP contribution in [0.5, 0.6) is 0 Å². The van der Waals surface area contributed by atoms with Crippen LogP contribution in [0.1, 0.15) is 67.2 Å². The Labute approximate surface area is 196 Å². The molecule has 8 nitrogen and oxygen atoms in total. The van der Waals surface area contributed by atoms with Gasteiger partial charge in [0.2, 0.25) is 10.0 Å². The summed E-state index contributed by atoms with van der Waals surface area (Å²) in [4.78, 5) is 23.0. The van der Waals surface area contributed by atoms with E-state index in [0.29, 0.717) is 24.8 Å². The minimum atomic E-state index is -3.24. The molecule has 180 valence electrons. The molecule has 9 heteroatoms. The lowest BCUT2D eigenvalue weighted by Gasteiger charge is -2.40. The summed E-state index contributed by atoms with van der Waals surface area (Å²) in [5.74, 6) is 0.776. The van der Waals surface area contributed by atoms with Gasteiger partial charge in [0, 0.05) is 44.3 Å². The van der Waals surface area contributed by atoms with Crippen LogP contribution in [0.3, 0.4) is 0 Å². The van der Waals surface area contributed by atoms with Gasteiger partial charge in [-0.1, -0.05) is 12.5 Å². The first-order chi connectivity index (χ1) is 15.9. The molecule has 0 saturated carbocycles. The fraction of sp³-hybridized carbons (Fsp3) is 0.667. The van der Waals surface area contributed by atoms with Crippen molar-refractivity contribution in [3.8, 4) is 0 Å². The lowest BCUT2D eigenvalue weighted by Crippen LogP contribution is -2.48. The Bertz CT molecular complexity index is 1100. The van der Waals surface area contributed by atoms with Crippen LogP contribution < -0.4 is 0 Å². The molecule has 3 saturated heterocycles. The largest absolute Gasteiger partial charge is 0.337 e. The zero-order valence-electron chi connectivity index (χ0n) is 19.5. The Balaban J connectivity index is 1.35. The van der Waals surface area contributed by atoms with Crippen LogP contribution in [-0.2, 0) is 10.0 Å². The molecule has 5 rings (SSSR count). The average molecular weight is 474 g/mol. The number of amides is 1. The van der Waals surface area contributed by atoms with Gasteiger partial charge in [0.05, 0.1) is 11.8 Å². The van der Waals surface area contributed by atoms with Crippen LogP contribution in [0.25, 0.3) is 5.52 Å². The molecule has 1 atom stereocenters. The lowest BCUT2D eigenvalue weighted by molar-refractivity contribution is 0.0587. The SMILES string of the molecule is CS(=O)(=O)N1CCC[C@@H](c2nc(C(=O)N3CCC(N4CCCCC4)CC3)c3ccccn23)C1. The van der Waals surface area contributed by atoms with Gasteiger partial charge < -0.3 is 14.2 Å². The molecule has 0 aromatic carbocycles. The quantitative estimate of drug-likeness (QED) is 0.682. The first-order valence-corrected chi connectivity index (χ1v) is 14.2. The van der Waals surface area contributed by atoms with Crippen LogP contribution in [0.4, 0.5) is 0 Å². The van der Waals surface area contributed by atoms with Crippen molar-refractivity contribution < 1.29 is 13.2 Å². The molecule has 3 fully saturated rings. The first kappa shape index (κ1) is 22.8. The van der Waals surface area contributed by atoms with E-state index in [1.807, 2.05) is 33.7 Å². The highest BCUT2D eigenvalue weighted by Gasteiger charge is 2.33. The molecular formula is C24H35N5O3S. The van der Waals surface area contributed by atoms with E-state index >= 15 is 0 Å². The highest BCUT2D eigenvalue weighted by atomic mass is 32.2. The van der Waals surface area contributed by atoms with Crippen LogP contribution in [-0.4, -0.2) is 89.4 Å². The molecule has 0 bridgehead atoms. The Morgan fingerprint density at radius 1 is 0.970 bits per heavy atom. The number of hydrogen-bond donors (Lipinski definition) is 0. The Kier molecular flexibility index (Phi) is 6.46. The predicted molar refractivity (Wildman–Crippen MR) is 128 cm³/mol. The van der Waals surface area contributed by atoms with E-state index < -0.39 is 10.0 Å². The van der Waals surface area contributed by atoms with Crippen molar-refractivity contribution in [2.75, 3.05) is 45.5 Å². The zero-order chi connectivity index (χ0) is 23.0. The van der Waals surface area contributed by atoms with Crippen LogP contribution in [0.15, 0.2) is 24.4 Å². The van der Waals surface area contributed by atoms with Gasteiger partial charge in [-0.2, -0.15) is 0 Å². The lowest BCUT2D eigenvalue weighted by atomic mass is 9.99. The van der Waals surface area contributed by atoms with E-state index in [-0.39, 0.29) is 11.8 Å². The smallest absolute Gasteiger partial charge is 0.274 e. The summed E-state index contributed by atoms with van der Waals surface area (Å²) in [6.07, 6.45) is 10.8. The average Bonchev–Trinajstić information content (AvgIpc) is 3.24. The van der Waals surface area contributed by atoms with Crippen molar-refractivity contribution in [1.29, 1.82) is 0 Å². The Morgan fingerprint density at radius 3 is 2.45 bits per heavy atom. The summed E-state index contributed by atoms with van der Waals surface area (Å²) in [6, 6.07) is 6.41. The second-order valence-corrected chi connectivity index (χ2v) is 11.8. The maximum absolute atomic E-state index is 13.5. The number of piperidine rings is 3. The molecule has 0 spiro atoms. The number of sulfonamides is 1. The molecule has 2 aromatic heterocycles.